The van der Waals surface area contributed by atoms with E-state index in [-0.39, 0.29) is 22.4 Å². The first-order valence-electron chi connectivity index (χ1n) is 11.3. The van der Waals surface area contributed by atoms with Crippen molar-refractivity contribution in [2.45, 2.75) is 29.2 Å². The third kappa shape index (κ3) is 6.45. The molecule has 3 aromatic rings. The zero-order valence-electron chi connectivity index (χ0n) is 20.1. The minimum absolute atomic E-state index is 0.0363. The lowest BCUT2D eigenvalue weighted by Gasteiger charge is -2.25. The van der Waals surface area contributed by atoms with E-state index < -0.39 is 19.9 Å². The Labute approximate surface area is 226 Å². The molecule has 4 rings (SSSR count). The summed E-state index contributed by atoms with van der Waals surface area (Å²) in [5.41, 5.74) is 2.19. The van der Waals surface area contributed by atoms with Crippen molar-refractivity contribution in [2.24, 2.45) is 5.10 Å². The van der Waals surface area contributed by atoms with Crippen LogP contribution in [-0.4, -0.2) is 42.0 Å². The number of hydrogen-bond donors (Lipinski definition) is 1. The maximum Gasteiger partial charge on any atom is 0.240 e. The van der Waals surface area contributed by atoms with Crippen LogP contribution < -0.4 is 14.5 Å². The van der Waals surface area contributed by atoms with E-state index in [1.165, 1.54) is 24.3 Å². The quantitative estimate of drug-likeness (QED) is 0.377. The zero-order chi connectivity index (χ0) is 26.8. The molecule has 0 bridgehead atoms. The molecular weight excluding hydrogens is 557 g/mol. The van der Waals surface area contributed by atoms with Crippen molar-refractivity contribution in [1.29, 1.82) is 0 Å². The number of sulfonamides is 1. The molecule has 1 unspecified atom stereocenters. The predicted octanol–water partition coefficient (Wildman–Crippen LogP) is 5.08. The Morgan fingerprint density at radius 2 is 1.62 bits per heavy atom. The van der Waals surface area contributed by atoms with E-state index in [1.807, 2.05) is 31.2 Å². The van der Waals surface area contributed by atoms with Crippen molar-refractivity contribution >= 4 is 54.5 Å². The summed E-state index contributed by atoms with van der Waals surface area (Å²) in [6, 6.07) is 17.6. The molecule has 0 spiro atoms. The van der Waals surface area contributed by atoms with Gasteiger partial charge in [-0.05, 0) is 67.1 Å². The van der Waals surface area contributed by atoms with Crippen LogP contribution in [0.1, 0.15) is 24.9 Å². The fourth-order valence-corrected chi connectivity index (χ4v) is 6.05. The number of nitrogens with one attached hydrogen (secondary N) is 1. The van der Waals surface area contributed by atoms with Crippen LogP contribution in [0.5, 0.6) is 5.75 Å². The van der Waals surface area contributed by atoms with E-state index in [0.29, 0.717) is 34.5 Å². The van der Waals surface area contributed by atoms with Gasteiger partial charge in [0.2, 0.25) is 10.0 Å². The molecule has 1 heterocycles. The molecule has 1 aliphatic rings. The van der Waals surface area contributed by atoms with Gasteiger partial charge in [0.05, 0.1) is 45.4 Å². The Bertz CT molecular complexity index is 1530. The third-order valence-corrected chi connectivity index (χ3v) is 8.82. The molecule has 0 fully saturated rings. The maximum absolute atomic E-state index is 12.9. The van der Waals surface area contributed by atoms with Crippen LogP contribution in [-0.2, 0) is 19.9 Å². The van der Waals surface area contributed by atoms with Crippen LogP contribution in [0, 0.1) is 0 Å². The predicted molar refractivity (Wildman–Crippen MR) is 146 cm³/mol. The number of sulfone groups is 1. The molecule has 1 N–H and O–H groups in total. The second-order valence-electron chi connectivity index (χ2n) is 8.40. The van der Waals surface area contributed by atoms with Crippen LogP contribution in [0.25, 0.3) is 0 Å². The summed E-state index contributed by atoms with van der Waals surface area (Å²) in [7, 11) is -7.34. The molecule has 0 aliphatic carbocycles. The Morgan fingerprint density at radius 3 is 2.22 bits per heavy atom. The first kappa shape index (κ1) is 27.4. The van der Waals surface area contributed by atoms with E-state index in [4.69, 9.17) is 33.0 Å². The van der Waals surface area contributed by atoms with Crippen molar-refractivity contribution in [3.63, 3.8) is 0 Å². The van der Waals surface area contributed by atoms with Crippen LogP contribution in [0.2, 0.25) is 10.0 Å². The molecule has 12 heteroatoms. The second kappa shape index (κ2) is 11.0. The molecule has 1 aliphatic heterocycles. The lowest BCUT2D eigenvalue weighted by atomic mass is 10.0. The maximum atomic E-state index is 12.9. The highest BCUT2D eigenvalue weighted by molar-refractivity contribution is 7.90. The standard InChI is InChI=1S/C25H25Cl2N3O5S2/c1-3-35-20-7-4-17(5-8-20)25-15-19(29-30(25)24-13-6-18(26)14-23(24)27)16-28-37(33,34)22-11-9-21(10-12-22)36(2,31)32/h4-14,25,28H,3,15-16H2,1-2H3. The monoisotopic (exact) mass is 581 g/mol. The van der Waals surface area contributed by atoms with Gasteiger partial charge in [0, 0.05) is 17.7 Å². The number of halogens is 2. The van der Waals surface area contributed by atoms with E-state index in [1.54, 1.807) is 23.2 Å². The normalized spacial score (nSPS) is 16.1. The van der Waals surface area contributed by atoms with Crippen LogP contribution in [0.15, 0.2) is 81.6 Å². The first-order valence-corrected chi connectivity index (χ1v) is 15.4. The van der Waals surface area contributed by atoms with Crippen LogP contribution in [0.3, 0.4) is 0 Å². The lowest BCUT2D eigenvalue weighted by molar-refractivity contribution is 0.340. The Morgan fingerprint density at radius 1 is 0.973 bits per heavy atom. The number of anilines is 1. The summed E-state index contributed by atoms with van der Waals surface area (Å²) >= 11 is 12.6. The highest BCUT2D eigenvalue weighted by Gasteiger charge is 2.31. The van der Waals surface area contributed by atoms with Gasteiger partial charge in [0.1, 0.15) is 5.75 Å². The Balaban J connectivity index is 1.58. The molecule has 3 aromatic carbocycles. The fourth-order valence-electron chi connectivity index (χ4n) is 3.91. The van der Waals surface area contributed by atoms with Crippen LogP contribution >= 0.6 is 23.2 Å². The molecule has 8 nitrogen and oxygen atoms in total. The largest absolute Gasteiger partial charge is 0.494 e. The average Bonchev–Trinajstić information content (AvgIpc) is 3.27. The van der Waals surface area contributed by atoms with Gasteiger partial charge < -0.3 is 4.74 Å². The summed E-state index contributed by atoms with van der Waals surface area (Å²) in [5.74, 6) is 0.746. The molecule has 0 aromatic heterocycles. The number of hydrazone groups is 1. The number of rotatable bonds is 9. The minimum atomic E-state index is -3.90. The highest BCUT2D eigenvalue weighted by atomic mass is 35.5. The SMILES string of the molecule is CCOc1ccc(C2CC(CNS(=O)(=O)c3ccc(S(C)(=O)=O)cc3)=NN2c2ccc(Cl)cc2Cl)cc1. The van der Waals surface area contributed by atoms with Crippen molar-refractivity contribution in [2.75, 3.05) is 24.4 Å². The number of hydrogen-bond acceptors (Lipinski definition) is 7. The van der Waals surface area contributed by atoms with Gasteiger partial charge in [-0.1, -0.05) is 35.3 Å². The Kier molecular flexibility index (Phi) is 8.15. The molecule has 0 saturated heterocycles. The number of nitrogens with zero attached hydrogens (tertiary/aromatic N) is 2. The van der Waals surface area contributed by atoms with E-state index in [2.05, 4.69) is 4.72 Å². The Hall–Kier alpha value is -2.63. The molecule has 0 amide bonds. The summed E-state index contributed by atoms with van der Waals surface area (Å²) in [4.78, 5) is -0.000498. The van der Waals surface area contributed by atoms with E-state index in [9.17, 15) is 16.8 Å². The van der Waals surface area contributed by atoms with Gasteiger partial charge in [0.15, 0.2) is 9.84 Å². The van der Waals surface area contributed by atoms with Crippen molar-refractivity contribution < 1.29 is 21.6 Å². The minimum Gasteiger partial charge on any atom is -0.494 e. The van der Waals surface area contributed by atoms with Crippen molar-refractivity contribution in [3.05, 3.63) is 82.3 Å². The number of benzene rings is 3. The van der Waals surface area contributed by atoms with Gasteiger partial charge in [-0.2, -0.15) is 5.10 Å². The molecule has 1 atom stereocenters. The van der Waals surface area contributed by atoms with Gasteiger partial charge in [-0.25, -0.2) is 21.6 Å². The average molecular weight is 583 g/mol. The van der Waals surface area contributed by atoms with Crippen molar-refractivity contribution in [1.82, 2.24) is 4.72 Å². The van der Waals surface area contributed by atoms with E-state index >= 15 is 0 Å². The third-order valence-electron chi connectivity index (χ3n) is 5.73. The fraction of sp³-hybridized carbons (Fsp3) is 0.240. The summed E-state index contributed by atoms with van der Waals surface area (Å²) < 4.78 is 57.2. The molecule has 37 heavy (non-hydrogen) atoms. The molecule has 0 radical (unpaired) electrons. The first-order chi connectivity index (χ1) is 17.5. The number of ether oxygens (including phenoxy) is 1. The van der Waals surface area contributed by atoms with Gasteiger partial charge in [-0.15, -0.1) is 0 Å². The molecule has 0 saturated carbocycles. The van der Waals surface area contributed by atoms with Crippen LogP contribution in [0.4, 0.5) is 5.69 Å². The highest BCUT2D eigenvalue weighted by Crippen LogP contribution is 2.40. The smallest absolute Gasteiger partial charge is 0.240 e. The topological polar surface area (TPSA) is 105 Å². The summed E-state index contributed by atoms with van der Waals surface area (Å²) in [6.45, 7) is 2.43. The van der Waals surface area contributed by atoms with Gasteiger partial charge in [0.25, 0.3) is 0 Å². The second-order valence-corrected chi connectivity index (χ2v) is 13.0. The molecule has 196 valence electrons. The van der Waals surface area contributed by atoms with Gasteiger partial charge in [-0.3, -0.25) is 5.01 Å². The van der Waals surface area contributed by atoms with E-state index in [0.717, 1.165) is 17.6 Å². The van der Waals surface area contributed by atoms with Crippen molar-refractivity contribution in [3.8, 4) is 5.75 Å². The zero-order valence-corrected chi connectivity index (χ0v) is 23.2. The summed E-state index contributed by atoms with van der Waals surface area (Å²) in [5, 5.41) is 7.36. The lowest BCUT2D eigenvalue weighted by Crippen LogP contribution is -2.29. The summed E-state index contributed by atoms with van der Waals surface area (Å²) in [6.07, 6.45) is 1.51. The van der Waals surface area contributed by atoms with Gasteiger partial charge >= 0.3 is 0 Å². The molecular formula is C25H25Cl2N3O5S2.